The second kappa shape index (κ2) is 7.00. The van der Waals surface area contributed by atoms with Crippen LogP contribution in [0.25, 0.3) is 0 Å². The predicted octanol–water partition coefficient (Wildman–Crippen LogP) is 0.732. The Morgan fingerprint density at radius 1 is 1.29 bits per heavy atom. The second-order valence-electron chi connectivity index (χ2n) is 5.95. The topological polar surface area (TPSA) is 84.9 Å². The van der Waals surface area contributed by atoms with Crippen molar-refractivity contribution < 1.29 is 23.9 Å². The Labute approximate surface area is 139 Å². The summed E-state index contributed by atoms with van der Waals surface area (Å²) in [5.41, 5.74) is 0.448. The van der Waals surface area contributed by atoms with Crippen LogP contribution in [0.1, 0.15) is 29.6 Å². The van der Waals surface area contributed by atoms with E-state index in [-0.39, 0.29) is 24.3 Å². The van der Waals surface area contributed by atoms with Crippen LogP contribution in [-0.2, 0) is 14.3 Å². The highest BCUT2D eigenvalue weighted by molar-refractivity contribution is 6.08. The number of rotatable bonds is 7. The third-order valence-electron chi connectivity index (χ3n) is 4.09. The maximum absolute atomic E-state index is 12.9. The smallest absolute Gasteiger partial charge is 0.254 e. The zero-order valence-electron chi connectivity index (χ0n) is 13.5. The normalized spacial score (nSPS) is 20.0. The molecule has 0 bridgehead atoms. The van der Waals surface area contributed by atoms with Crippen molar-refractivity contribution in [3.63, 3.8) is 0 Å². The number of ether oxygens (including phenoxy) is 2. The van der Waals surface area contributed by atoms with E-state index in [1.807, 2.05) is 0 Å². The summed E-state index contributed by atoms with van der Waals surface area (Å²) in [6.45, 7) is 0.844. The van der Waals surface area contributed by atoms with E-state index in [9.17, 15) is 14.4 Å². The molecule has 0 unspecified atom stereocenters. The molecule has 1 saturated heterocycles. The molecular formula is C17H20N2O5. The van der Waals surface area contributed by atoms with Crippen molar-refractivity contribution >= 4 is 17.7 Å². The van der Waals surface area contributed by atoms with Gasteiger partial charge in [0.1, 0.15) is 18.4 Å². The molecule has 1 N–H and O–H groups in total. The number of hydrogen-bond acceptors (Lipinski definition) is 5. The SMILES string of the molecule is COCCOc1cccc(C(=O)N(C2CC2)[C@H]2CC(=O)NC2=O)c1. The summed E-state index contributed by atoms with van der Waals surface area (Å²) in [5, 5.41) is 2.27. The highest BCUT2D eigenvalue weighted by atomic mass is 16.5. The second-order valence-corrected chi connectivity index (χ2v) is 5.95. The summed E-state index contributed by atoms with van der Waals surface area (Å²) < 4.78 is 10.5. The molecule has 128 valence electrons. The molecule has 0 spiro atoms. The molecule has 7 nitrogen and oxygen atoms in total. The van der Waals surface area contributed by atoms with Crippen LogP contribution in [0.3, 0.4) is 0 Å². The van der Waals surface area contributed by atoms with Gasteiger partial charge in [-0.25, -0.2) is 0 Å². The molecule has 1 aromatic rings. The van der Waals surface area contributed by atoms with Crippen LogP contribution >= 0.6 is 0 Å². The Balaban J connectivity index is 1.77. The van der Waals surface area contributed by atoms with Gasteiger partial charge in [0.15, 0.2) is 0 Å². The largest absolute Gasteiger partial charge is 0.491 e. The van der Waals surface area contributed by atoms with Crippen molar-refractivity contribution in [1.82, 2.24) is 10.2 Å². The summed E-state index contributed by atoms with van der Waals surface area (Å²) in [5.74, 6) is -0.405. The minimum absolute atomic E-state index is 0.0252. The number of carbonyl (C=O) groups excluding carboxylic acids is 3. The Morgan fingerprint density at radius 2 is 2.08 bits per heavy atom. The van der Waals surface area contributed by atoms with Gasteiger partial charge >= 0.3 is 0 Å². The van der Waals surface area contributed by atoms with Gasteiger partial charge in [-0.3, -0.25) is 19.7 Å². The maximum atomic E-state index is 12.9. The molecule has 2 fully saturated rings. The molecule has 1 aliphatic heterocycles. The average molecular weight is 332 g/mol. The number of carbonyl (C=O) groups is 3. The van der Waals surface area contributed by atoms with Crippen LogP contribution in [0.5, 0.6) is 5.75 Å². The summed E-state index contributed by atoms with van der Waals surface area (Å²) in [6, 6.07) is 6.16. The average Bonchev–Trinajstić information content (AvgIpc) is 3.34. The summed E-state index contributed by atoms with van der Waals surface area (Å²) >= 11 is 0. The van der Waals surface area contributed by atoms with Crippen molar-refractivity contribution in [2.45, 2.75) is 31.3 Å². The van der Waals surface area contributed by atoms with Gasteiger partial charge in [0, 0.05) is 18.7 Å². The number of nitrogens with one attached hydrogen (secondary N) is 1. The van der Waals surface area contributed by atoms with E-state index < -0.39 is 11.9 Å². The minimum Gasteiger partial charge on any atom is -0.491 e. The fourth-order valence-electron chi connectivity index (χ4n) is 2.79. The van der Waals surface area contributed by atoms with Gasteiger partial charge in [-0.1, -0.05) is 6.07 Å². The van der Waals surface area contributed by atoms with Crippen LogP contribution in [-0.4, -0.2) is 55.0 Å². The first kappa shape index (κ1) is 16.4. The first-order valence-electron chi connectivity index (χ1n) is 7.98. The first-order valence-corrected chi connectivity index (χ1v) is 7.98. The number of methoxy groups -OCH3 is 1. The zero-order chi connectivity index (χ0) is 17.1. The molecule has 24 heavy (non-hydrogen) atoms. The quantitative estimate of drug-likeness (QED) is 0.588. The molecule has 1 saturated carbocycles. The monoisotopic (exact) mass is 332 g/mol. The summed E-state index contributed by atoms with van der Waals surface area (Å²) in [4.78, 5) is 37.9. The Morgan fingerprint density at radius 3 is 2.71 bits per heavy atom. The highest BCUT2D eigenvalue weighted by Crippen LogP contribution is 2.32. The predicted molar refractivity (Wildman–Crippen MR) is 84.6 cm³/mol. The van der Waals surface area contributed by atoms with E-state index in [0.717, 1.165) is 12.8 Å². The lowest BCUT2D eigenvalue weighted by Crippen LogP contribution is -2.45. The molecule has 2 aliphatic rings. The van der Waals surface area contributed by atoms with Gasteiger partial charge in [0.2, 0.25) is 11.8 Å². The van der Waals surface area contributed by atoms with Crippen LogP contribution in [0.4, 0.5) is 0 Å². The van der Waals surface area contributed by atoms with Gasteiger partial charge in [-0.15, -0.1) is 0 Å². The van der Waals surface area contributed by atoms with Crippen LogP contribution in [0, 0.1) is 0 Å². The van der Waals surface area contributed by atoms with Gasteiger partial charge < -0.3 is 14.4 Å². The van der Waals surface area contributed by atoms with Gasteiger partial charge in [-0.2, -0.15) is 0 Å². The lowest BCUT2D eigenvalue weighted by atomic mass is 10.1. The van der Waals surface area contributed by atoms with E-state index in [4.69, 9.17) is 9.47 Å². The van der Waals surface area contributed by atoms with Crippen LogP contribution in [0.15, 0.2) is 24.3 Å². The third-order valence-corrected chi connectivity index (χ3v) is 4.09. The van der Waals surface area contributed by atoms with Crippen molar-refractivity contribution in [1.29, 1.82) is 0 Å². The van der Waals surface area contributed by atoms with E-state index in [1.165, 1.54) is 0 Å². The number of nitrogens with zero attached hydrogens (tertiary/aromatic N) is 1. The summed E-state index contributed by atoms with van der Waals surface area (Å²) in [7, 11) is 1.59. The lowest BCUT2D eigenvalue weighted by molar-refractivity contribution is -0.126. The molecule has 3 amide bonds. The molecule has 1 atom stereocenters. The van der Waals surface area contributed by atoms with Gasteiger partial charge in [0.05, 0.1) is 13.0 Å². The van der Waals surface area contributed by atoms with E-state index >= 15 is 0 Å². The molecule has 7 heteroatoms. The third kappa shape index (κ3) is 3.56. The fourth-order valence-corrected chi connectivity index (χ4v) is 2.79. The van der Waals surface area contributed by atoms with E-state index in [0.29, 0.717) is 24.5 Å². The Bertz CT molecular complexity index is 656. The molecule has 1 heterocycles. The maximum Gasteiger partial charge on any atom is 0.254 e. The number of hydrogen-bond donors (Lipinski definition) is 1. The van der Waals surface area contributed by atoms with Gasteiger partial charge in [0.25, 0.3) is 5.91 Å². The molecular weight excluding hydrogens is 312 g/mol. The van der Waals surface area contributed by atoms with Crippen molar-refractivity contribution in [3.05, 3.63) is 29.8 Å². The van der Waals surface area contributed by atoms with Crippen molar-refractivity contribution in [2.75, 3.05) is 20.3 Å². The molecule has 1 aliphatic carbocycles. The zero-order valence-corrected chi connectivity index (χ0v) is 13.5. The van der Waals surface area contributed by atoms with Crippen molar-refractivity contribution in [2.24, 2.45) is 0 Å². The minimum atomic E-state index is -0.712. The number of benzene rings is 1. The molecule has 0 aromatic heterocycles. The first-order chi connectivity index (χ1) is 11.6. The fraction of sp³-hybridized carbons (Fsp3) is 0.471. The molecule has 3 rings (SSSR count). The number of imide groups is 1. The van der Waals surface area contributed by atoms with E-state index in [2.05, 4.69) is 5.32 Å². The van der Waals surface area contributed by atoms with Crippen molar-refractivity contribution in [3.8, 4) is 5.75 Å². The number of amides is 3. The molecule has 0 radical (unpaired) electrons. The van der Waals surface area contributed by atoms with E-state index in [1.54, 1.807) is 36.3 Å². The highest BCUT2D eigenvalue weighted by Gasteiger charge is 2.44. The lowest BCUT2D eigenvalue weighted by Gasteiger charge is -2.27. The molecule has 1 aromatic carbocycles. The standard InChI is InChI=1S/C17H20N2O5/c1-23-7-8-24-13-4-2-3-11(9-13)17(22)19(12-5-6-12)14-10-15(20)18-16(14)21/h2-4,9,12,14H,5-8,10H2,1H3,(H,18,20,21)/t14-/m0/s1. The Kier molecular flexibility index (Phi) is 4.80. The Hall–Kier alpha value is -2.41. The van der Waals surface area contributed by atoms with Gasteiger partial charge in [-0.05, 0) is 31.0 Å². The van der Waals surface area contributed by atoms with Crippen LogP contribution in [0.2, 0.25) is 0 Å². The summed E-state index contributed by atoms with van der Waals surface area (Å²) in [6.07, 6.45) is 1.74. The van der Waals surface area contributed by atoms with Crippen LogP contribution < -0.4 is 10.1 Å².